The highest BCUT2D eigenvalue weighted by molar-refractivity contribution is 5.44. The van der Waals surface area contributed by atoms with E-state index in [-0.39, 0.29) is 6.04 Å². The molecule has 33 heavy (non-hydrogen) atoms. The van der Waals surface area contributed by atoms with Gasteiger partial charge in [0.25, 0.3) is 0 Å². The first kappa shape index (κ1) is 22.4. The van der Waals surface area contributed by atoms with Crippen LogP contribution >= 0.6 is 0 Å². The molecular formula is C29H31N3O. The SMILES string of the molecule is C/C=C(\C=C/COc1ccccc1)C1=CCC(c2ccccc2C)N1Cc1cccc(N)n1. The van der Waals surface area contributed by atoms with Crippen LogP contribution in [-0.4, -0.2) is 16.5 Å². The summed E-state index contributed by atoms with van der Waals surface area (Å²) in [6, 6.07) is 24.6. The molecule has 0 amide bonds. The lowest BCUT2D eigenvalue weighted by atomic mass is 9.99. The van der Waals surface area contributed by atoms with E-state index in [1.165, 1.54) is 22.4 Å². The normalized spacial score (nSPS) is 16.3. The van der Waals surface area contributed by atoms with E-state index >= 15 is 0 Å². The van der Waals surface area contributed by atoms with Crippen LogP contribution in [0.25, 0.3) is 0 Å². The largest absolute Gasteiger partial charge is 0.490 e. The van der Waals surface area contributed by atoms with Crippen LogP contribution in [-0.2, 0) is 6.54 Å². The van der Waals surface area contributed by atoms with Gasteiger partial charge in [-0.3, -0.25) is 0 Å². The number of anilines is 1. The maximum absolute atomic E-state index is 5.97. The summed E-state index contributed by atoms with van der Waals surface area (Å²) in [6.07, 6.45) is 9.66. The fraction of sp³-hybridized carbons (Fsp3) is 0.207. The molecule has 3 aromatic rings. The average Bonchev–Trinajstić information content (AvgIpc) is 3.23. The minimum atomic E-state index is 0.258. The fourth-order valence-electron chi connectivity index (χ4n) is 4.30. The number of rotatable bonds is 8. The summed E-state index contributed by atoms with van der Waals surface area (Å²) in [5, 5.41) is 0. The molecule has 1 aliphatic rings. The molecule has 0 saturated heterocycles. The minimum absolute atomic E-state index is 0.258. The Labute approximate surface area is 196 Å². The van der Waals surface area contributed by atoms with Gasteiger partial charge < -0.3 is 15.4 Å². The molecule has 2 heterocycles. The molecule has 0 saturated carbocycles. The first-order valence-corrected chi connectivity index (χ1v) is 11.4. The summed E-state index contributed by atoms with van der Waals surface area (Å²) in [6.45, 7) is 5.48. The molecule has 2 aromatic carbocycles. The molecule has 1 aromatic heterocycles. The second-order valence-corrected chi connectivity index (χ2v) is 8.15. The number of aryl methyl sites for hydroxylation is 1. The molecule has 0 bridgehead atoms. The van der Waals surface area contributed by atoms with Gasteiger partial charge in [0.1, 0.15) is 18.2 Å². The molecule has 0 spiro atoms. The third-order valence-corrected chi connectivity index (χ3v) is 5.92. The number of allylic oxidation sites excluding steroid dienone is 2. The highest BCUT2D eigenvalue weighted by atomic mass is 16.5. The molecule has 2 N–H and O–H groups in total. The Morgan fingerprint density at radius 1 is 1.06 bits per heavy atom. The van der Waals surface area contributed by atoms with Crippen LogP contribution in [0.3, 0.4) is 0 Å². The molecule has 1 aliphatic heterocycles. The molecule has 1 unspecified atom stereocenters. The van der Waals surface area contributed by atoms with Crippen LogP contribution in [0.5, 0.6) is 5.75 Å². The van der Waals surface area contributed by atoms with Crippen LogP contribution in [0.4, 0.5) is 5.82 Å². The van der Waals surface area contributed by atoms with Crippen molar-refractivity contribution in [3.05, 3.63) is 125 Å². The molecule has 168 valence electrons. The van der Waals surface area contributed by atoms with Gasteiger partial charge in [-0.05, 0) is 67.3 Å². The van der Waals surface area contributed by atoms with Gasteiger partial charge in [-0.15, -0.1) is 0 Å². The Balaban J connectivity index is 1.56. The molecule has 1 atom stereocenters. The number of aromatic nitrogens is 1. The Morgan fingerprint density at radius 3 is 2.61 bits per heavy atom. The van der Waals surface area contributed by atoms with Gasteiger partial charge >= 0.3 is 0 Å². The molecular weight excluding hydrogens is 406 g/mol. The van der Waals surface area contributed by atoms with E-state index in [2.05, 4.69) is 72.3 Å². The van der Waals surface area contributed by atoms with Gasteiger partial charge in [0.05, 0.1) is 18.3 Å². The molecule has 4 heteroatoms. The van der Waals surface area contributed by atoms with Crippen molar-refractivity contribution in [3.63, 3.8) is 0 Å². The van der Waals surface area contributed by atoms with E-state index < -0.39 is 0 Å². The van der Waals surface area contributed by atoms with Crippen molar-refractivity contribution < 1.29 is 4.74 Å². The second kappa shape index (κ2) is 10.7. The summed E-state index contributed by atoms with van der Waals surface area (Å²) < 4.78 is 5.83. The topological polar surface area (TPSA) is 51.4 Å². The predicted molar refractivity (Wildman–Crippen MR) is 136 cm³/mol. The van der Waals surface area contributed by atoms with Crippen molar-refractivity contribution >= 4 is 5.82 Å². The Kier molecular flexibility index (Phi) is 7.26. The summed E-state index contributed by atoms with van der Waals surface area (Å²) >= 11 is 0. The fourth-order valence-corrected chi connectivity index (χ4v) is 4.30. The number of nitrogens with zero attached hydrogens (tertiary/aromatic N) is 2. The first-order valence-electron chi connectivity index (χ1n) is 11.4. The third kappa shape index (κ3) is 5.53. The zero-order chi connectivity index (χ0) is 23.0. The summed E-state index contributed by atoms with van der Waals surface area (Å²) in [7, 11) is 0. The molecule has 0 fully saturated rings. The van der Waals surface area contributed by atoms with Gasteiger partial charge in [-0.1, -0.05) is 66.8 Å². The average molecular weight is 438 g/mol. The van der Waals surface area contributed by atoms with Crippen molar-refractivity contribution in [2.45, 2.75) is 32.9 Å². The summed E-state index contributed by atoms with van der Waals surface area (Å²) in [5.41, 5.74) is 12.0. The van der Waals surface area contributed by atoms with E-state index in [1.807, 2.05) is 48.5 Å². The minimum Gasteiger partial charge on any atom is -0.490 e. The number of hydrogen-bond donors (Lipinski definition) is 1. The van der Waals surface area contributed by atoms with Gasteiger partial charge in [0.2, 0.25) is 0 Å². The van der Waals surface area contributed by atoms with Crippen molar-refractivity contribution in [2.75, 3.05) is 12.3 Å². The Morgan fingerprint density at radius 2 is 1.85 bits per heavy atom. The van der Waals surface area contributed by atoms with Crippen LogP contribution < -0.4 is 10.5 Å². The Hall–Kier alpha value is -3.79. The van der Waals surface area contributed by atoms with E-state index in [4.69, 9.17) is 10.5 Å². The molecule has 0 aliphatic carbocycles. The number of hydrogen-bond acceptors (Lipinski definition) is 4. The molecule has 4 nitrogen and oxygen atoms in total. The van der Waals surface area contributed by atoms with E-state index in [0.29, 0.717) is 19.0 Å². The first-order chi connectivity index (χ1) is 16.2. The highest BCUT2D eigenvalue weighted by Crippen LogP contribution is 2.40. The van der Waals surface area contributed by atoms with Crippen LogP contribution in [0.2, 0.25) is 0 Å². The number of nitrogens with two attached hydrogens (primary N) is 1. The van der Waals surface area contributed by atoms with Crippen LogP contribution in [0, 0.1) is 6.92 Å². The van der Waals surface area contributed by atoms with Crippen molar-refractivity contribution in [1.82, 2.24) is 9.88 Å². The van der Waals surface area contributed by atoms with Crippen molar-refractivity contribution in [1.29, 1.82) is 0 Å². The van der Waals surface area contributed by atoms with Gasteiger partial charge in [-0.25, -0.2) is 4.98 Å². The van der Waals surface area contributed by atoms with Crippen molar-refractivity contribution in [3.8, 4) is 5.75 Å². The zero-order valence-corrected chi connectivity index (χ0v) is 19.3. The smallest absolute Gasteiger partial charge is 0.123 e. The second-order valence-electron chi connectivity index (χ2n) is 8.15. The van der Waals surface area contributed by atoms with Crippen LogP contribution in [0.1, 0.15) is 36.2 Å². The lowest BCUT2D eigenvalue weighted by Gasteiger charge is -2.31. The standard InChI is InChI=1S/C29H31N3O/c1-3-23(12-10-20-33-25-14-5-4-6-15-25)27-18-19-28(26-16-8-7-11-22(26)2)32(27)21-24-13-9-17-29(30)31-24/h3-18,28H,19-21H2,1-2H3,(H2,30,31)/b12-10-,23-3+. The summed E-state index contributed by atoms with van der Waals surface area (Å²) in [5.74, 6) is 1.42. The van der Waals surface area contributed by atoms with Gasteiger partial charge in [0.15, 0.2) is 0 Å². The van der Waals surface area contributed by atoms with E-state index in [1.54, 1.807) is 0 Å². The molecule has 0 radical (unpaired) electrons. The number of para-hydroxylation sites is 1. The third-order valence-electron chi connectivity index (χ3n) is 5.92. The highest BCUT2D eigenvalue weighted by Gasteiger charge is 2.29. The number of pyridine rings is 1. The quantitative estimate of drug-likeness (QED) is 0.415. The predicted octanol–water partition coefficient (Wildman–Crippen LogP) is 6.38. The maximum atomic E-state index is 5.97. The number of ether oxygens (including phenoxy) is 1. The number of benzene rings is 2. The number of nitrogen functional groups attached to an aromatic ring is 1. The lowest BCUT2D eigenvalue weighted by Crippen LogP contribution is -2.25. The molecule has 4 rings (SSSR count). The van der Waals surface area contributed by atoms with Gasteiger partial charge in [0, 0.05) is 5.70 Å². The van der Waals surface area contributed by atoms with Gasteiger partial charge in [-0.2, -0.15) is 0 Å². The van der Waals surface area contributed by atoms with E-state index in [9.17, 15) is 0 Å². The van der Waals surface area contributed by atoms with Crippen molar-refractivity contribution in [2.24, 2.45) is 0 Å². The monoisotopic (exact) mass is 437 g/mol. The van der Waals surface area contributed by atoms with Crippen LogP contribution in [0.15, 0.2) is 108 Å². The Bertz CT molecular complexity index is 1160. The van der Waals surface area contributed by atoms with E-state index in [0.717, 1.165) is 17.9 Å². The lowest BCUT2D eigenvalue weighted by molar-refractivity contribution is 0.275. The summed E-state index contributed by atoms with van der Waals surface area (Å²) in [4.78, 5) is 7.01. The zero-order valence-electron chi connectivity index (χ0n) is 19.3. The maximum Gasteiger partial charge on any atom is 0.123 e.